The first-order chi connectivity index (χ1) is 7.24. The third kappa shape index (κ3) is 1.46. The van der Waals surface area contributed by atoms with Crippen molar-refractivity contribution in [2.45, 2.75) is 31.5 Å². The maximum absolute atomic E-state index is 11.9. The van der Waals surface area contributed by atoms with Crippen molar-refractivity contribution in [2.75, 3.05) is 14.2 Å². The van der Waals surface area contributed by atoms with Crippen LogP contribution in [-0.4, -0.2) is 25.8 Å². The second-order valence-electron chi connectivity index (χ2n) is 3.93. The smallest absolute Gasteiger partial charge is 0.256 e. The lowest BCUT2D eigenvalue weighted by Crippen LogP contribution is -2.46. The van der Waals surface area contributed by atoms with Gasteiger partial charge in [0, 0.05) is 19.8 Å². The average Bonchev–Trinajstić information content (AvgIpc) is 2.30. The van der Waals surface area contributed by atoms with Gasteiger partial charge >= 0.3 is 0 Å². The van der Waals surface area contributed by atoms with Crippen LogP contribution in [0.15, 0.2) is 23.3 Å². The standard InChI is InChI=1S/C12H16O3/c1-14-12(15-2)10-6-4-3-5-9(10)7-8-11(12)13/h7-8H,3-6H2,1-2H3. The van der Waals surface area contributed by atoms with Crippen LogP contribution >= 0.6 is 0 Å². The normalized spacial score (nSPS) is 24.3. The molecule has 0 fully saturated rings. The zero-order valence-corrected chi connectivity index (χ0v) is 9.21. The first kappa shape index (κ1) is 10.6. The topological polar surface area (TPSA) is 35.5 Å². The summed E-state index contributed by atoms with van der Waals surface area (Å²) in [6.45, 7) is 0. The Morgan fingerprint density at radius 2 is 1.80 bits per heavy atom. The molecule has 2 rings (SSSR count). The molecule has 0 N–H and O–H groups in total. The van der Waals surface area contributed by atoms with Crippen molar-refractivity contribution in [1.29, 1.82) is 0 Å². The molecule has 82 valence electrons. The number of carbonyl (C=O) groups excluding carboxylic acids is 1. The fourth-order valence-electron chi connectivity index (χ4n) is 2.45. The van der Waals surface area contributed by atoms with E-state index in [1.54, 1.807) is 6.08 Å². The van der Waals surface area contributed by atoms with Gasteiger partial charge in [-0.05, 0) is 37.3 Å². The van der Waals surface area contributed by atoms with Crippen LogP contribution in [0.3, 0.4) is 0 Å². The number of ketones is 1. The van der Waals surface area contributed by atoms with E-state index in [0.29, 0.717) is 0 Å². The number of ether oxygens (including phenoxy) is 2. The van der Waals surface area contributed by atoms with Crippen molar-refractivity contribution in [1.82, 2.24) is 0 Å². The monoisotopic (exact) mass is 208 g/mol. The molecular formula is C12H16O3. The predicted molar refractivity (Wildman–Crippen MR) is 56.4 cm³/mol. The van der Waals surface area contributed by atoms with Crippen LogP contribution in [0.5, 0.6) is 0 Å². The largest absolute Gasteiger partial charge is 0.343 e. The van der Waals surface area contributed by atoms with E-state index in [1.807, 2.05) is 6.08 Å². The Hall–Kier alpha value is -0.930. The molecule has 0 aromatic heterocycles. The number of allylic oxidation sites excluding steroid dienone is 2. The van der Waals surface area contributed by atoms with Crippen LogP contribution in [0, 0.1) is 0 Å². The summed E-state index contributed by atoms with van der Waals surface area (Å²) in [4.78, 5) is 11.9. The van der Waals surface area contributed by atoms with Crippen LogP contribution in [0.2, 0.25) is 0 Å². The minimum atomic E-state index is -1.13. The van der Waals surface area contributed by atoms with E-state index in [1.165, 1.54) is 26.2 Å². The molecule has 3 heteroatoms. The molecule has 3 nitrogen and oxygen atoms in total. The number of hydrogen-bond donors (Lipinski definition) is 0. The van der Waals surface area contributed by atoms with Gasteiger partial charge in [0.1, 0.15) is 0 Å². The number of hydrogen-bond acceptors (Lipinski definition) is 3. The van der Waals surface area contributed by atoms with E-state index in [4.69, 9.17) is 9.47 Å². The molecule has 0 aliphatic heterocycles. The molecule has 15 heavy (non-hydrogen) atoms. The fourth-order valence-corrected chi connectivity index (χ4v) is 2.45. The Labute approximate surface area is 89.8 Å². The maximum Gasteiger partial charge on any atom is 0.256 e. The van der Waals surface area contributed by atoms with Crippen molar-refractivity contribution >= 4 is 5.78 Å². The van der Waals surface area contributed by atoms with Gasteiger partial charge in [-0.25, -0.2) is 0 Å². The number of rotatable bonds is 2. The Morgan fingerprint density at radius 3 is 2.47 bits per heavy atom. The second-order valence-corrected chi connectivity index (χ2v) is 3.93. The molecule has 0 saturated carbocycles. The minimum absolute atomic E-state index is 0.104. The summed E-state index contributed by atoms with van der Waals surface area (Å²) < 4.78 is 10.7. The predicted octanol–water partition coefficient (Wildman–Crippen LogP) is 1.98. The lowest BCUT2D eigenvalue weighted by atomic mass is 9.81. The van der Waals surface area contributed by atoms with Crippen molar-refractivity contribution in [2.24, 2.45) is 0 Å². The fraction of sp³-hybridized carbons (Fsp3) is 0.583. The van der Waals surface area contributed by atoms with Gasteiger partial charge < -0.3 is 9.47 Å². The van der Waals surface area contributed by atoms with Crippen LogP contribution in [0.4, 0.5) is 0 Å². The Bertz CT molecular complexity index is 335. The first-order valence-corrected chi connectivity index (χ1v) is 5.30. The van der Waals surface area contributed by atoms with Crippen LogP contribution < -0.4 is 0 Å². The van der Waals surface area contributed by atoms with Gasteiger partial charge in [0.2, 0.25) is 5.78 Å². The zero-order valence-electron chi connectivity index (χ0n) is 9.21. The van der Waals surface area contributed by atoms with Crippen molar-refractivity contribution < 1.29 is 14.3 Å². The molecule has 2 aliphatic rings. The highest BCUT2D eigenvalue weighted by atomic mass is 16.7. The SMILES string of the molecule is COC1(OC)C(=O)C=CC2=C1CCCC2. The molecule has 0 radical (unpaired) electrons. The van der Waals surface area contributed by atoms with E-state index in [0.717, 1.165) is 24.8 Å². The summed E-state index contributed by atoms with van der Waals surface area (Å²) in [5.74, 6) is -1.24. The van der Waals surface area contributed by atoms with Gasteiger partial charge in [-0.2, -0.15) is 0 Å². The zero-order chi connectivity index (χ0) is 10.9. The summed E-state index contributed by atoms with van der Waals surface area (Å²) in [7, 11) is 3.06. The third-order valence-electron chi connectivity index (χ3n) is 3.24. The molecule has 0 heterocycles. The van der Waals surface area contributed by atoms with Gasteiger partial charge in [-0.1, -0.05) is 6.08 Å². The highest BCUT2D eigenvalue weighted by Crippen LogP contribution is 2.39. The highest BCUT2D eigenvalue weighted by molar-refractivity contribution is 6.00. The molecular weight excluding hydrogens is 192 g/mol. The molecule has 2 aliphatic carbocycles. The first-order valence-electron chi connectivity index (χ1n) is 5.30. The summed E-state index contributed by atoms with van der Waals surface area (Å²) in [6, 6.07) is 0. The second kappa shape index (κ2) is 3.91. The van der Waals surface area contributed by atoms with Gasteiger partial charge in [-0.15, -0.1) is 0 Å². The van der Waals surface area contributed by atoms with E-state index in [9.17, 15) is 4.79 Å². The Morgan fingerprint density at radius 1 is 1.13 bits per heavy atom. The molecule has 0 unspecified atom stereocenters. The lowest BCUT2D eigenvalue weighted by Gasteiger charge is -2.36. The van der Waals surface area contributed by atoms with Crippen LogP contribution in [0.25, 0.3) is 0 Å². The van der Waals surface area contributed by atoms with Gasteiger partial charge in [0.15, 0.2) is 0 Å². The minimum Gasteiger partial charge on any atom is -0.343 e. The third-order valence-corrected chi connectivity index (χ3v) is 3.24. The number of carbonyl (C=O) groups is 1. The summed E-state index contributed by atoms with van der Waals surface area (Å²) in [5.41, 5.74) is 2.23. The molecule has 0 saturated heterocycles. The molecule has 0 bridgehead atoms. The quantitative estimate of drug-likeness (QED) is 0.651. The highest BCUT2D eigenvalue weighted by Gasteiger charge is 2.44. The Kier molecular flexibility index (Phi) is 2.76. The molecule has 0 aromatic carbocycles. The van der Waals surface area contributed by atoms with E-state index < -0.39 is 5.79 Å². The maximum atomic E-state index is 11.9. The average molecular weight is 208 g/mol. The lowest BCUT2D eigenvalue weighted by molar-refractivity contribution is -0.187. The van der Waals surface area contributed by atoms with Crippen molar-refractivity contribution in [3.63, 3.8) is 0 Å². The van der Waals surface area contributed by atoms with Crippen molar-refractivity contribution in [3.05, 3.63) is 23.3 Å². The summed E-state index contributed by atoms with van der Waals surface area (Å²) >= 11 is 0. The molecule has 0 aromatic rings. The van der Waals surface area contributed by atoms with E-state index >= 15 is 0 Å². The van der Waals surface area contributed by atoms with E-state index in [-0.39, 0.29) is 5.78 Å². The van der Waals surface area contributed by atoms with Gasteiger partial charge in [-0.3, -0.25) is 4.79 Å². The van der Waals surface area contributed by atoms with E-state index in [2.05, 4.69) is 0 Å². The van der Waals surface area contributed by atoms with Gasteiger partial charge in [0.05, 0.1) is 0 Å². The summed E-state index contributed by atoms with van der Waals surface area (Å²) in [6.07, 6.45) is 7.68. The van der Waals surface area contributed by atoms with Crippen LogP contribution in [0.1, 0.15) is 25.7 Å². The molecule has 0 atom stereocenters. The van der Waals surface area contributed by atoms with Crippen LogP contribution in [-0.2, 0) is 14.3 Å². The Balaban J connectivity index is 2.47. The molecule has 0 amide bonds. The molecule has 0 spiro atoms. The van der Waals surface area contributed by atoms with Crippen molar-refractivity contribution in [3.8, 4) is 0 Å². The van der Waals surface area contributed by atoms with Gasteiger partial charge in [0.25, 0.3) is 5.79 Å². The summed E-state index contributed by atoms with van der Waals surface area (Å²) in [5, 5.41) is 0. The number of methoxy groups -OCH3 is 2.